The van der Waals surface area contributed by atoms with Crippen molar-refractivity contribution in [3.63, 3.8) is 0 Å². The van der Waals surface area contributed by atoms with Crippen LogP contribution in [0.2, 0.25) is 0 Å². The summed E-state index contributed by atoms with van der Waals surface area (Å²) in [5, 5.41) is 2.54. The van der Waals surface area contributed by atoms with Gasteiger partial charge in [-0.3, -0.25) is 0 Å². The van der Waals surface area contributed by atoms with Gasteiger partial charge in [-0.25, -0.2) is 0 Å². The van der Waals surface area contributed by atoms with E-state index in [0.717, 1.165) is 11.5 Å². The molecule has 0 saturated carbocycles. The smallest absolute Gasteiger partial charge is 0.425 e. The molecule has 2 aromatic carbocycles. The molecule has 31 heavy (non-hydrogen) atoms. The summed E-state index contributed by atoms with van der Waals surface area (Å²) >= 11 is 0. The van der Waals surface area contributed by atoms with Crippen molar-refractivity contribution in [1.82, 2.24) is 4.40 Å². The third-order valence-electron chi connectivity index (χ3n) is 7.44. The predicted molar refractivity (Wildman–Crippen MR) is 116 cm³/mol. The van der Waals surface area contributed by atoms with Crippen LogP contribution in [0.15, 0.2) is 91.4 Å². The van der Waals surface area contributed by atoms with Crippen LogP contribution < -0.4 is 13.9 Å². The van der Waals surface area contributed by atoms with E-state index in [2.05, 4.69) is 105 Å². The normalized spacial score (nSPS) is 18.7. The van der Waals surface area contributed by atoms with Crippen LogP contribution in [0.4, 0.5) is 0 Å². The van der Waals surface area contributed by atoms with Crippen molar-refractivity contribution in [2.24, 2.45) is 0 Å². The highest BCUT2D eigenvalue weighted by molar-refractivity contribution is 6.13. The van der Waals surface area contributed by atoms with Gasteiger partial charge in [0.25, 0.3) is 0 Å². The highest BCUT2D eigenvalue weighted by atomic mass is 16.5. The van der Waals surface area contributed by atoms with E-state index in [0.29, 0.717) is 0 Å². The Kier molecular flexibility index (Phi) is 2.11. The van der Waals surface area contributed by atoms with Gasteiger partial charge in [-0.05, 0) is 48.5 Å². The van der Waals surface area contributed by atoms with E-state index >= 15 is 0 Å². The lowest BCUT2D eigenvalue weighted by molar-refractivity contribution is -0.950. The van der Waals surface area contributed by atoms with E-state index in [1.54, 1.807) is 0 Å². The quantitative estimate of drug-likeness (QED) is 0.272. The summed E-state index contributed by atoms with van der Waals surface area (Å²) in [6.07, 6.45) is 6.63. The Morgan fingerprint density at radius 3 is 2.65 bits per heavy atom. The second-order valence-electron chi connectivity index (χ2n) is 8.65. The number of hydrogen-bond donors (Lipinski definition) is 0. The molecule has 0 N–H and O–H groups in total. The zero-order valence-electron chi connectivity index (χ0n) is 16.4. The van der Waals surface area contributed by atoms with Gasteiger partial charge < -0.3 is 9.14 Å². The Bertz CT molecular complexity index is 1830. The van der Waals surface area contributed by atoms with Gasteiger partial charge in [0, 0.05) is 24.4 Å². The Morgan fingerprint density at radius 1 is 0.710 bits per heavy atom. The largest absolute Gasteiger partial charge is 0.456 e. The van der Waals surface area contributed by atoms with Gasteiger partial charge in [0.05, 0.1) is 27.4 Å². The van der Waals surface area contributed by atoms with Crippen molar-refractivity contribution >= 4 is 27.3 Å². The van der Waals surface area contributed by atoms with Crippen LogP contribution >= 0.6 is 0 Å². The van der Waals surface area contributed by atoms with Crippen LogP contribution in [0.25, 0.3) is 38.6 Å². The number of fused-ring (bicyclic) bond motifs is 5. The fraction of sp³-hybridized carbons (Fsp3) is 0.0370. The van der Waals surface area contributed by atoms with Gasteiger partial charge in [-0.1, -0.05) is 6.07 Å². The summed E-state index contributed by atoms with van der Waals surface area (Å²) in [6, 6.07) is 26.0. The first-order chi connectivity index (χ1) is 15.4. The summed E-state index contributed by atoms with van der Waals surface area (Å²) < 4.78 is 13.8. The van der Waals surface area contributed by atoms with Crippen molar-refractivity contribution in [1.29, 1.82) is 0 Å². The number of benzene rings is 2. The first-order valence-electron chi connectivity index (χ1n) is 10.6. The monoisotopic (exact) mass is 397 g/mol. The first kappa shape index (κ1) is 14.7. The van der Waals surface area contributed by atoms with Crippen molar-refractivity contribution in [2.75, 3.05) is 0 Å². The molecular weight excluding hydrogens is 382 g/mol. The zero-order valence-corrected chi connectivity index (χ0v) is 16.4. The van der Waals surface area contributed by atoms with Gasteiger partial charge >= 0.3 is 5.66 Å². The highest BCUT2D eigenvalue weighted by Gasteiger charge is 2.70. The molecule has 0 saturated heterocycles. The van der Waals surface area contributed by atoms with Gasteiger partial charge in [0.2, 0.25) is 11.2 Å². The number of rotatable bonds is 0. The molecule has 0 amide bonds. The van der Waals surface area contributed by atoms with Gasteiger partial charge in [-0.2, -0.15) is 0 Å². The standard InChI is InChI=1S/C27H15N3O/c1-2-14-29-19(8-1)16-6-3-10-21-24(16)27(29)25-22(31-21)12-11-20-23(25)26-17(7-4-15-30(26)27)18-9-5-13-28(18)20/h1-15H/q+2. The number of pyridine rings is 3. The van der Waals surface area contributed by atoms with Crippen molar-refractivity contribution in [3.8, 4) is 22.8 Å². The molecule has 7 heterocycles. The van der Waals surface area contributed by atoms with Crippen LogP contribution in [-0.2, 0) is 5.66 Å². The predicted octanol–water partition coefficient (Wildman–Crippen LogP) is 4.52. The van der Waals surface area contributed by atoms with E-state index < -0.39 is 5.66 Å². The van der Waals surface area contributed by atoms with E-state index in [-0.39, 0.29) is 0 Å². The second-order valence-corrected chi connectivity index (χ2v) is 8.65. The summed E-state index contributed by atoms with van der Waals surface area (Å²) in [4.78, 5) is 0. The Morgan fingerprint density at radius 2 is 1.65 bits per heavy atom. The molecule has 0 radical (unpaired) electrons. The lowest BCUT2D eigenvalue weighted by atomic mass is 9.87. The van der Waals surface area contributed by atoms with E-state index in [9.17, 15) is 0 Å². The van der Waals surface area contributed by atoms with Crippen LogP contribution in [-0.4, -0.2) is 4.40 Å². The number of aromatic nitrogens is 3. The maximum Gasteiger partial charge on any atom is 0.425 e. The third kappa shape index (κ3) is 1.31. The van der Waals surface area contributed by atoms with Crippen LogP contribution in [0.1, 0.15) is 11.1 Å². The minimum absolute atomic E-state index is 0.475. The summed E-state index contributed by atoms with van der Waals surface area (Å²) in [6.45, 7) is 0. The molecule has 142 valence electrons. The molecule has 3 aliphatic rings. The van der Waals surface area contributed by atoms with Gasteiger partial charge in [0.1, 0.15) is 11.5 Å². The molecule has 1 spiro atoms. The van der Waals surface area contributed by atoms with E-state index in [1.165, 1.54) is 49.7 Å². The minimum Gasteiger partial charge on any atom is -0.456 e. The van der Waals surface area contributed by atoms with Crippen LogP contribution in [0, 0.1) is 0 Å². The molecule has 4 aromatic heterocycles. The van der Waals surface area contributed by atoms with Crippen LogP contribution in [0.3, 0.4) is 0 Å². The van der Waals surface area contributed by atoms with Gasteiger partial charge in [-0.15, -0.1) is 9.13 Å². The van der Waals surface area contributed by atoms with Crippen molar-refractivity contribution in [3.05, 3.63) is 103 Å². The Hall–Kier alpha value is -4.18. The average Bonchev–Trinajstić information content (AvgIpc) is 3.50. The molecule has 0 bridgehead atoms. The van der Waals surface area contributed by atoms with Gasteiger partial charge in [0.15, 0.2) is 23.5 Å². The van der Waals surface area contributed by atoms with Crippen molar-refractivity contribution < 1.29 is 13.9 Å². The molecule has 4 heteroatoms. The van der Waals surface area contributed by atoms with E-state index in [1.807, 2.05) is 0 Å². The molecule has 4 nitrogen and oxygen atoms in total. The first-order valence-corrected chi connectivity index (χ1v) is 10.6. The fourth-order valence-corrected chi connectivity index (χ4v) is 6.47. The Labute approximate surface area is 176 Å². The fourth-order valence-electron chi connectivity index (χ4n) is 6.47. The minimum atomic E-state index is -0.475. The highest BCUT2D eigenvalue weighted by Crippen LogP contribution is 2.56. The summed E-state index contributed by atoms with van der Waals surface area (Å²) in [5.41, 5.74) is 8.19. The molecule has 6 aromatic rings. The lowest BCUT2D eigenvalue weighted by Gasteiger charge is -2.25. The maximum absolute atomic E-state index is 6.57. The molecule has 9 rings (SSSR count). The topological polar surface area (TPSA) is 21.4 Å². The van der Waals surface area contributed by atoms with Crippen LogP contribution in [0.5, 0.6) is 11.5 Å². The lowest BCUT2D eigenvalue weighted by Crippen LogP contribution is -2.71. The average molecular weight is 397 g/mol. The summed E-state index contributed by atoms with van der Waals surface area (Å²) in [7, 11) is 0. The molecule has 0 aliphatic carbocycles. The number of nitrogens with zero attached hydrogens (tertiary/aromatic N) is 3. The third-order valence-corrected chi connectivity index (χ3v) is 7.44. The van der Waals surface area contributed by atoms with E-state index in [4.69, 9.17) is 4.74 Å². The molecule has 1 atom stereocenters. The molecule has 0 fully saturated rings. The maximum atomic E-state index is 6.57. The second kappa shape index (κ2) is 4.44. The summed E-state index contributed by atoms with van der Waals surface area (Å²) in [5.74, 6) is 1.88. The van der Waals surface area contributed by atoms with Crippen molar-refractivity contribution in [2.45, 2.75) is 5.66 Å². The zero-order chi connectivity index (χ0) is 19.9. The number of hydrogen-bond acceptors (Lipinski definition) is 1. The molecule has 1 unspecified atom stereocenters. The SMILES string of the molecule is c1cc2c3c(c1)-c1cccc[n+]1C31c3c(ccc4c3c3c(ccc[n+]31)c1cccn14)O2. The number of ether oxygens (including phenoxy) is 1. The molecule has 3 aliphatic heterocycles. The Balaban J connectivity index is 1.67. The molecular formula is C27H15N3O+2.